The molecule has 2 atom stereocenters. The van der Waals surface area contributed by atoms with E-state index < -0.39 is 5.23 Å². The highest BCUT2D eigenvalue weighted by atomic mass is 79.9. The molecule has 0 bridgehead atoms. The zero-order valence-electron chi connectivity index (χ0n) is 13.3. The summed E-state index contributed by atoms with van der Waals surface area (Å²) in [6.45, 7) is 0. The number of hydrogen-bond acceptors (Lipinski definition) is 6. The number of benzene rings is 3. The number of nitrogens with zero attached hydrogens (tertiary/aromatic N) is 2. The van der Waals surface area contributed by atoms with Crippen molar-refractivity contribution in [3.8, 4) is 0 Å². The van der Waals surface area contributed by atoms with Gasteiger partial charge in [0.05, 0.1) is 9.65 Å². The smallest absolute Gasteiger partial charge is 0.101 e. The average Bonchev–Trinajstić information content (AvgIpc) is 2.65. The number of alkyl halides is 2. The van der Waals surface area contributed by atoms with Gasteiger partial charge in [0.25, 0.3) is 0 Å². The minimum Gasteiger partial charge on any atom is -0.769 e. The highest BCUT2D eigenvalue weighted by Crippen LogP contribution is 2.47. The van der Waals surface area contributed by atoms with Gasteiger partial charge in [-0.1, -0.05) is 80.4 Å². The van der Waals surface area contributed by atoms with Crippen LogP contribution in [0.5, 0.6) is 0 Å². The van der Waals surface area contributed by atoms with Crippen LogP contribution in [-0.2, 0) is 0 Å². The lowest BCUT2D eigenvalue weighted by Gasteiger charge is -2.38. The van der Waals surface area contributed by atoms with Crippen molar-refractivity contribution in [2.45, 2.75) is 9.65 Å². The van der Waals surface area contributed by atoms with Crippen molar-refractivity contribution in [2.24, 2.45) is 0 Å². The Kier molecular flexibility index (Phi) is 5.81. The molecule has 0 aliphatic heterocycles. The van der Waals surface area contributed by atoms with E-state index >= 15 is 0 Å². The number of hydrogen-bond donors (Lipinski definition) is 2. The zero-order valence-corrected chi connectivity index (χ0v) is 16.5. The van der Waals surface area contributed by atoms with E-state index in [-0.39, 0.29) is 26.3 Å². The van der Waals surface area contributed by atoms with E-state index in [2.05, 4.69) is 31.9 Å². The van der Waals surface area contributed by atoms with Gasteiger partial charge in [-0.2, -0.15) is 0 Å². The van der Waals surface area contributed by atoms with E-state index in [1.807, 2.05) is 42.5 Å². The molecule has 0 spiro atoms. The van der Waals surface area contributed by atoms with Gasteiger partial charge in [-0.3, -0.25) is 10.4 Å². The monoisotopic (exact) mass is 480 g/mol. The third-order valence-electron chi connectivity index (χ3n) is 4.11. The van der Waals surface area contributed by atoms with E-state index in [4.69, 9.17) is 0 Å². The van der Waals surface area contributed by atoms with Crippen molar-refractivity contribution in [1.82, 2.24) is 0 Å². The largest absolute Gasteiger partial charge is 0.769 e. The Morgan fingerprint density at radius 3 is 2.15 bits per heavy atom. The van der Waals surface area contributed by atoms with Crippen LogP contribution in [0, 0.1) is 10.4 Å². The number of anilines is 2. The van der Waals surface area contributed by atoms with Crippen LogP contribution in [0.1, 0.15) is 20.8 Å². The fraction of sp³-hybridized carbons (Fsp3) is 0.111. The van der Waals surface area contributed by atoms with E-state index in [1.165, 1.54) is 12.1 Å². The second-order valence-electron chi connectivity index (χ2n) is 5.66. The van der Waals surface area contributed by atoms with Crippen LogP contribution in [0.2, 0.25) is 0 Å². The molecule has 0 unspecified atom stereocenters. The van der Waals surface area contributed by atoms with Crippen LogP contribution >= 0.6 is 31.9 Å². The maximum atomic E-state index is 11.0. The molecule has 0 saturated carbocycles. The number of fused-ring (bicyclic) bond motifs is 1. The fourth-order valence-corrected chi connectivity index (χ4v) is 4.21. The summed E-state index contributed by atoms with van der Waals surface area (Å²) < 4.78 is 0. The van der Waals surface area contributed by atoms with Gasteiger partial charge in [0.2, 0.25) is 0 Å². The first kappa shape index (κ1) is 19.1. The first-order chi connectivity index (χ1) is 12.4. The highest BCUT2D eigenvalue weighted by molar-refractivity contribution is 9.12. The molecule has 6 nitrogen and oxygen atoms in total. The van der Waals surface area contributed by atoms with Crippen molar-refractivity contribution >= 4 is 54.0 Å². The second-order valence-corrected chi connectivity index (χ2v) is 7.63. The van der Waals surface area contributed by atoms with E-state index in [0.29, 0.717) is 5.56 Å². The Morgan fingerprint density at radius 2 is 1.46 bits per heavy atom. The molecular weight excluding hydrogens is 468 g/mol. The third kappa shape index (κ3) is 3.71. The molecule has 3 aromatic carbocycles. The van der Waals surface area contributed by atoms with Gasteiger partial charge >= 0.3 is 0 Å². The molecule has 0 aliphatic carbocycles. The first-order valence-electron chi connectivity index (χ1n) is 7.62. The number of halogens is 2. The van der Waals surface area contributed by atoms with Crippen LogP contribution in [0.15, 0.2) is 60.7 Å². The van der Waals surface area contributed by atoms with E-state index in [0.717, 1.165) is 22.4 Å². The molecule has 3 rings (SSSR count). The molecule has 2 N–H and O–H groups in total. The first-order valence-corrected chi connectivity index (χ1v) is 9.45. The molecule has 0 radical (unpaired) electrons. The van der Waals surface area contributed by atoms with Crippen LogP contribution < -0.4 is 10.5 Å². The summed E-state index contributed by atoms with van der Waals surface area (Å²) in [5.74, 6) is 0. The Balaban J connectivity index is 2.04. The third-order valence-corrected chi connectivity index (χ3v) is 6.87. The summed E-state index contributed by atoms with van der Waals surface area (Å²) in [7, 11) is 0. The van der Waals surface area contributed by atoms with Gasteiger partial charge in [-0.05, 0) is 34.0 Å². The van der Waals surface area contributed by atoms with E-state index in [1.54, 1.807) is 0 Å². The topological polar surface area (TPSA) is 93.1 Å². The molecule has 0 aromatic heterocycles. The van der Waals surface area contributed by atoms with E-state index in [9.17, 15) is 20.8 Å². The molecular formula is C18H14Br2N2O4-2. The quantitative estimate of drug-likeness (QED) is 0.353. The standard InChI is InChI=1S/C18H14Br2N2O4/c19-17(14-7-3-5-11-4-1-2-6-13(11)14)18(20)15-9-8-12(21(23)24)10-16(15)22(25)26/h1-10,17-18,25-26H/q-2/t17-,18+/m1/s1. The highest BCUT2D eigenvalue weighted by Gasteiger charge is 2.25. The molecule has 3 aromatic rings. The molecule has 0 amide bonds. The minimum atomic E-state index is -0.587. The maximum Gasteiger partial charge on any atom is 0.101 e. The molecule has 136 valence electrons. The average molecular weight is 482 g/mol. The normalized spacial score (nSPS) is 13.5. The predicted molar refractivity (Wildman–Crippen MR) is 109 cm³/mol. The van der Waals surface area contributed by atoms with Gasteiger partial charge in [0, 0.05) is 5.69 Å². The van der Waals surface area contributed by atoms with Crippen molar-refractivity contribution < 1.29 is 10.4 Å². The lowest BCUT2D eigenvalue weighted by atomic mass is 9.97. The zero-order chi connectivity index (χ0) is 18.8. The second kappa shape index (κ2) is 7.91. The lowest BCUT2D eigenvalue weighted by molar-refractivity contribution is 0.0287. The SMILES string of the molecule is [O-]N([O-])c1ccc([C@H](Br)[C@H](Br)c2cccc3ccccc23)c(N(O)O)c1. The summed E-state index contributed by atoms with van der Waals surface area (Å²) in [6, 6.07) is 17.9. The van der Waals surface area contributed by atoms with Crippen molar-refractivity contribution in [3.05, 3.63) is 82.2 Å². The van der Waals surface area contributed by atoms with Gasteiger partial charge in [0.15, 0.2) is 0 Å². The molecule has 26 heavy (non-hydrogen) atoms. The summed E-state index contributed by atoms with van der Waals surface area (Å²) in [4.78, 5) is -0.584. The summed E-state index contributed by atoms with van der Waals surface area (Å²) in [6.07, 6.45) is 0. The van der Waals surface area contributed by atoms with Crippen molar-refractivity contribution in [1.29, 1.82) is 0 Å². The van der Waals surface area contributed by atoms with Gasteiger partial charge in [-0.15, -0.1) is 5.23 Å². The summed E-state index contributed by atoms with van der Waals surface area (Å²) in [5, 5.41) is 42.4. The molecule has 0 aliphatic rings. The predicted octanol–water partition coefficient (Wildman–Crippen LogP) is 5.80. The van der Waals surface area contributed by atoms with Crippen molar-refractivity contribution in [2.75, 3.05) is 10.5 Å². The lowest BCUT2D eigenvalue weighted by Crippen LogP contribution is -2.16. The van der Waals surface area contributed by atoms with Gasteiger partial charge in [0.1, 0.15) is 5.69 Å². The van der Waals surface area contributed by atoms with Crippen molar-refractivity contribution in [3.63, 3.8) is 0 Å². The Labute approximate surface area is 166 Å². The summed E-state index contributed by atoms with van der Waals surface area (Å²) >= 11 is 7.27. The van der Waals surface area contributed by atoms with Crippen LogP contribution in [-0.4, -0.2) is 10.4 Å². The Morgan fingerprint density at radius 1 is 0.808 bits per heavy atom. The molecule has 0 heterocycles. The maximum absolute atomic E-state index is 11.0. The number of rotatable bonds is 5. The Bertz CT molecular complexity index is 915. The van der Waals surface area contributed by atoms with Gasteiger partial charge in [-0.25, -0.2) is 0 Å². The van der Waals surface area contributed by atoms with Crippen LogP contribution in [0.3, 0.4) is 0 Å². The molecule has 0 saturated heterocycles. The molecule has 0 fully saturated rings. The molecule has 8 heteroatoms. The van der Waals surface area contributed by atoms with Crippen LogP contribution in [0.4, 0.5) is 11.4 Å². The minimum absolute atomic E-state index is 0.0641. The van der Waals surface area contributed by atoms with Crippen LogP contribution in [0.25, 0.3) is 10.8 Å². The Hall–Kier alpha value is -1.68. The fourth-order valence-electron chi connectivity index (χ4n) is 2.86. The van der Waals surface area contributed by atoms with Gasteiger partial charge < -0.3 is 15.6 Å². The summed E-state index contributed by atoms with van der Waals surface area (Å²) in [5.41, 5.74) is 1.21.